The first kappa shape index (κ1) is 43.7. The summed E-state index contributed by atoms with van der Waals surface area (Å²) in [6.07, 6.45) is -4.55. The van der Waals surface area contributed by atoms with E-state index in [2.05, 4.69) is 39.3 Å². The first-order valence-electron chi connectivity index (χ1n) is 13.7. The summed E-state index contributed by atoms with van der Waals surface area (Å²) in [5, 5.41) is 0. The molecule has 16 heteroatoms. The molecule has 1 saturated carbocycles. The van der Waals surface area contributed by atoms with Gasteiger partial charge in [-0.15, -0.1) is 0 Å². The van der Waals surface area contributed by atoms with Gasteiger partial charge in [-0.1, -0.05) is 107 Å². The van der Waals surface area contributed by atoms with E-state index < -0.39 is 49.5 Å². The molecule has 7 nitrogen and oxygen atoms in total. The van der Waals surface area contributed by atoms with E-state index in [-0.39, 0.29) is 25.0 Å². The zero-order valence-electron chi connectivity index (χ0n) is 26.2. The maximum atomic E-state index is 12.8. The van der Waals surface area contributed by atoms with Gasteiger partial charge in [0.2, 0.25) is 0 Å². The molecule has 1 fully saturated rings. The predicted octanol–water partition coefficient (Wildman–Crippen LogP) is 8.23. The minimum atomic E-state index is -6.09. The second-order valence-corrected chi connectivity index (χ2v) is 13.4. The van der Waals surface area contributed by atoms with Gasteiger partial charge in [0.1, 0.15) is 10.0 Å². The summed E-state index contributed by atoms with van der Waals surface area (Å²) >= 11 is 0. The Morgan fingerprint density at radius 3 is 1.27 bits per heavy atom. The van der Waals surface area contributed by atoms with E-state index in [0.717, 1.165) is 24.3 Å². The Morgan fingerprint density at radius 2 is 0.958 bits per heavy atom. The minimum Gasteiger partial charge on any atom is -0.741 e. The van der Waals surface area contributed by atoms with Crippen molar-refractivity contribution < 1.29 is 67.8 Å². The average Bonchev–Trinajstić information content (AvgIpc) is 3.17. The van der Waals surface area contributed by atoms with Gasteiger partial charge < -0.3 is 15.0 Å². The molecule has 48 heavy (non-hydrogen) atoms. The molecule has 2 atom stereocenters. The molecule has 3 aromatic rings. The Bertz CT molecular complexity index is 1580. The molecule has 0 spiro atoms. The Balaban J connectivity index is 0.000000497. The maximum absolute atomic E-state index is 12.8. The number of nitrogens with zero attached hydrogens (tertiary/aromatic N) is 1. The van der Waals surface area contributed by atoms with Crippen molar-refractivity contribution in [3.05, 3.63) is 136 Å². The second kappa shape index (κ2) is 17.6. The zero-order chi connectivity index (χ0) is 36.0. The van der Waals surface area contributed by atoms with Crippen molar-refractivity contribution in [3.63, 3.8) is 0 Å². The van der Waals surface area contributed by atoms with E-state index in [1.54, 1.807) is 54.6 Å². The number of rotatable bonds is 6. The molecule has 0 heterocycles. The number of alkyl halides is 6. The van der Waals surface area contributed by atoms with E-state index in [1.807, 2.05) is 6.07 Å². The fourth-order valence-corrected chi connectivity index (χ4v) is 5.43. The maximum Gasteiger partial charge on any atom is 3.00 e. The van der Waals surface area contributed by atoms with Crippen LogP contribution in [0, 0.1) is 29.6 Å². The van der Waals surface area contributed by atoms with Gasteiger partial charge in [0.25, 0.3) is 0 Å². The van der Waals surface area contributed by atoms with Crippen molar-refractivity contribution >= 4 is 20.1 Å². The van der Waals surface area contributed by atoms with E-state index in [9.17, 15) is 34.8 Å². The van der Waals surface area contributed by atoms with Crippen LogP contribution in [-0.4, -0.2) is 26.9 Å². The van der Waals surface area contributed by atoms with Crippen molar-refractivity contribution in [3.8, 4) is 0 Å². The number of nitrogens with two attached hydrogens (primary N) is 1. The van der Waals surface area contributed by atoms with E-state index in [4.69, 9.17) is 18.7 Å². The molecule has 0 unspecified atom stereocenters. The molecule has 4 rings (SSSR count). The summed E-state index contributed by atoms with van der Waals surface area (Å²) in [6, 6.07) is 19.1. The molecule has 3 aromatic carbocycles. The normalized spacial score (nSPS) is 16.9. The predicted molar refractivity (Wildman–Crippen MR) is 165 cm³/mol. The molecule has 0 bridgehead atoms. The largest absolute Gasteiger partial charge is 3.00 e. The van der Waals surface area contributed by atoms with Crippen LogP contribution >= 0.6 is 0 Å². The Kier molecular flexibility index (Phi) is 16.0. The third-order valence-electron chi connectivity index (χ3n) is 7.49. The number of hydrogen-bond acceptors (Lipinski definition) is 6. The molecule has 0 amide bonds. The van der Waals surface area contributed by atoms with Gasteiger partial charge in [0.05, 0.1) is 5.56 Å². The topological polar surface area (TPSA) is 131 Å². The molecule has 0 aromatic heterocycles. The fourth-order valence-electron chi connectivity index (χ4n) is 4.27. The quantitative estimate of drug-likeness (QED) is 0.151. The van der Waals surface area contributed by atoms with Crippen LogP contribution in [0.4, 0.5) is 26.3 Å². The Morgan fingerprint density at radius 1 is 0.625 bits per heavy atom. The number of benzene rings is 3. The van der Waals surface area contributed by atoms with Gasteiger partial charge in [-0.3, -0.25) is 0 Å². The molecular weight excluding hydrogens is 863 g/mol. The fraction of sp³-hybridized carbons (Fsp3) is 0.281. The Labute approximate surface area is 291 Å². The first-order valence-corrected chi connectivity index (χ1v) is 16.6. The van der Waals surface area contributed by atoms with Gasteiger partial charge in [0, 0.05) is 10.9 Å². The van der Waals surface area contributed by atoms with Gasteiger partial charge >= 0.3 is 31.8 Å². The molecule has 0 saturated heterocycles. The molecule has 1 aliphatic carbocycles. The van der Waals surface area contributed by atoms with Crippen LogP contribution in [0.2, 0.25) is 0 Å². The smallest absolute Gasteiger partial charge is 0.741 e. The van der Waals surface area contributed by atoms with E-state index in [1.165, 1.54) is 29.6 Å². The number of sulfonamides is 1. The average molecular weight is 896 g/mol. The molecule has 263 valence electrons. The van der Waals surface area contributed by atoms with Crippen molar-refractivity contribution in [2.75, 3.05) is 0 Å². The summed E-state index contributed by atoms with van der Waals surface area (Å²) in [4.78, 5) is -0.327. The van der Waals surface area contributed by atoms with Crippen molar-refractivity contribution in [2.45, 2.75) is 63.3 Å². The molecule has 1 aliphatic rings. The van der Waals surface area contributed by atoms with Crippen molar-refractivity contribution in [1.82, 2.24) is 0 Å². The van der Waals surface area contributed by atoms with Crippen LogP contribution in [-0.2, 0) is 46.4 Å². The Hall–Kier alpha value is -2.33. The number of halogens is 6. The zero-order valence-corrected chi connectivity index (χ0v) is 30.2. The van der Waals surface area contributed by atoms with Crippen LogP contribution in [0.15, 0.2) is 89.8 Å². The van der Waals surface area contributed by atoms with Gasteiger partial charge in [-0.05, 0) is 59.4 Å². The summed E-state index contributed by atoms with van der Waals surface area (Å²) in [6.45, 7) is 11.0. The summed E-state index contributed by atoms with van der Waals surface area (Å²) in [7, 11) is -10.3. The third kappa shape index (κ3) is 11.9. The summed E-state index contributed by atoms with van der Waals surface area (Å²) < 4.78 is 127. The minimum absolute atomic E-state index is 0. The van der Waals surface area contributed by atoms with Crippen LogP contribution in [0.25, 0.3) is 4.72 Å². The number of hydrogen-bond donors (Lipinski definition) is 1. The van der Waals surface area contributed by atoms with Crippen LogP contribution in [0.3, 0.4) is 0 Å². The van der Waals surface area contributed by atoms with Crippen LogP contribution in [0.5, 0.6) is 0 Å². The molecule has 0 aliphatic heterocycles. The van der Waals surface area contributed by atoms with E-state index >= 15 is 0 Å². The van der Waals surface area contributed by atoms with Gasteiger partial charge in [-0.2, -0.15) is 26.3 Å². The molecule has 2 N–H and O–H groups in total. The van der Waals surface area contributed by atoms with Crippen molar-refractivity contribution in [2.24, 2.45) is 5.73 Å². The van der Waals surface area contributed by atoms with E-state index in [0.29, 0.717) is 11.1 Å². The van der Waals surface area contributed by atoms with Crippen LogP contribution in [0.1, 0.15) is 63.4 Å². The second-order valence-electron chi connectivity index (χ2n) is 10.4. The standard InChI is InChI=1S/C21H18F3N2O2S.C10H15.CHF3O3S.Ir/c22-21(23,24)17-11-13-18(14-12-17)29(27,28)26-20(16-9-5-2-6-10-16)19(25)15-7-3-1-4-8-15;1-6-7(2)9(4)10(5)8(6)3;2-1(3,4)8(5,6)7;/h1-14,19-20H,25H2;1-5H3;(H,5,6,7);/q-1;;;+3/p-1/t19-,20-;;;/m0.../s1. The SMILES string of the molecule is C[C]1[C](C)[C](C)[C](C)[C]1C.N[C@@H](c1ccccc1)[C@@H]([N-]S(=O)(=O)c1ccc(C(F)(F)F)cc1)c1ccccc1.O=S(=O)([O-])C(F)(F)F.[Ir+3]. The summed E-state index contributed by atoms with van der Waals surface area (Å²) in [5.41, 5.74) is 1.02. The van der Waals surface area contributed by atoms with Crippen LogP contribution < -0.4 is 5.73 Å². The van der Waals surface area contributed by atoms with Gasteiger partial charge in [-0.25, -0.2) is 16.8 Å². The third-order valence-corrected chi connectivity index (χ3v) is 9.43. The molecular formula is C32H33F6IrN2O5S2+. The summed E-state index contributed by atoms with van der Waals surface area (Å²) in [5.74, 6) is 7.34. The molecule has 5 radical (unpaired) electrons. The first-order chi connectivity index (χ1) is 21.5. The van der Waals surface area contributed by atoms with Gasteiger partial charge in [0.15, 0.2) is 10.1 Å². The van der Waals surface area contributed by atoms with Crippen molar-refractivity contribution in [1.29, 1.82) is 0 Å². The monoisotopic (exact) mass is 896 g/mol.